The molecule has 5 nitrogen and oxygen atoms in total. The standard InChI is InChI=1S/C49H41N3O2/c1-49(2)21-18-30(19-22-49)33-25-32-20-24-51-47(39(32)26-33)41-28-35(27-40-46-36-10-4-3-9-31(36)14-17-44(46)54-48(40)41)53-34-15-16-38-37-11-5-6-12-42(37)52(43(38)29-34)45-13-7-8-23-50-45/h3-17,20,23-24,27-30,33H,18-19,21-22,25-26H2,1-2H3. The molecule has 9 aromatic rings. The lowest BCUT2D eigenvalue weighted by Crippen LogP contribution is -2.26. The summed E-state index contributed by atoms with van der Waals surface area (Å²) in [5.41, 5.74) is 9.19. The molecule has 0 aliphatic heterocycles. The van der Waals surface area contributed by atoms with Crippen LogP contribution in [-0.2, 0) is 12.8 Å². The highest BCUT2D eigenvalue weighted by Crippen LogP contribution is 2.48. The molecule has 1 fully saturated rings. The van der Waals surface area contributed by atoms with Crippen LogP contribution in [0.25, 0.3) is 71.6 Å². The number of aromatic nitrogens is 3. The van der Waals surface area contributed by atoms with Crippen molar-refractivity contribution in [2.75, 3.05) is 0 Å². The molecule has 1 saturated carbocycles. The monoisotopic (exact) mass is 703 g/mol. The van der Waals surface area contributed by atoms with Crippen LogP contribution in [-0.4, -0.2) is 14.5 Å². The summed E-state index contributed by atoms with van der Waals surface area (Å²) in [5.74, 6) is 3.82. The van der Waals surface area contributed by atoms with E-state index in [4.69, 9.17) is 19.1 Å². The fourth-order valence-electron chi connectivity index (χ4n) is 9.77. The molecule has 264 valence electrons. The average molecular weight is 704 g/mol. The molecule has 0 spiro atoms. The molecule has 0 amide bonds. The van der Waals surface area contributed by atoms with Gasteiger partial charge in [0.1, 0.15) is 28.5 Å². The van der Waals surface area contributed by atoms with Crippen molar-refractivity contribution in [1.29, 1.82) is 0 Å². The highest BCUT2D eigenvalue weighted by atomic mass is 16.5. The second kappa shape index (κ2) is 12.0. The van der Waals surface area contributed by atoms with Gasteiger partial charge in [0.15, 0.2) is 0 Å². The first-order valence-electron chi connectivity index (χ1n) is 19.5. The summed E-state index contributed by atoms with van der Waals surface area (Å²) in [7, 11) is 0. The van der Waals surface area contributed by atoms with E-state index >= 15 is 0 Å². The van der Waals surface area contributed by atoms with Crippen molar-refractivity contribution in [3.63, 3.8) is 0 Å². The van der Waals surface area contributed by atoms with E-state index in [1.807, 2.05) is 24.5 Å². The van der Waals surface area contributed by atoms with Crippen LogP contribution in [0.4, 0.5) is 0 Å². The Labute approximate surface area is 314 Å². The lowest BCUT2D eigenvalue weighted by Gasteiger charge is -2.37. The zero-order valence-electron chi connectivity index (χ0n) is 30.7. The van der Waals surface area contributed by atoms with Gasteiger partial charge in [-0.05, 0) is 132 Å². The smallest absolute Gasteiger partial charge is 0.145 e. The van der Waals surface area contributed by atoms with E-state index in [2.05, 4.69) is 122 Å². The Kier molecular flexibility index (Phi) is 7.04. The second-order valence-corrected chi connectivity index (χ2v) is 16.4. The number of furan rings is 1. The molecule has 1 unspecified atom stereocenters. The Morgan fingerprint density at radius 1 is 0.667 bits per heavy atom. The summed E-state index contributed by atoms with van der Waals surface area (Å²) in [6, 6.07) is 40.3. The first-order chi connectivity index (χ1) is 26.5. The van der Waals surface area contributed by atoms with Crippen LogP contribution >= 0.6 is 0 Å². The molecule has 4 aromatic heterocycles. The third-order valence-electron chi connectivity index (χ3n) is 12.6. The Hall–Kier alpha value is -5.94. The first kappa shape index (κ1) is 31.6. The zero-order chi connectivity index (χ0) is 36.0. The fourth-order valence-corrected chi connectivity index (χ4v) is 9.77. The number of hydrogen-bond donors (Lipinski definition) is 0. The van der Waals surface area contributed by atoms with E-state index in [0.717, 1.165) is 85.7 Å². The number of fused-ring (bicyclic) bond motifs is 9. The highest BCUT2D eigenvalue weighted by molar-refractivity contribution is 6.21. The van der Waals surface area contributed by atoms with Crippen LogP contribution in [0, 0.1) is 17.3 Å². The summed E-state index contributed by atoms with van der Waals surface area (Å²) in [5, 5.41) is 6.85. The van der Waals surface area contributed by atoms with Gasteiger partial charge >= 0.3 is 0 Å². The van der Waals surface area contributed by atoms with Crippen LogP contribution in [0.1, 0.15) is 50.7 Å². The van der Waals surface area contributed by atoms with Crippen molar-refractivity contribution in [2.24, 2.45) is 17.3 Å². The number of benzene rings is 5. The third-order valence-corrected chi connectivity index (χ3v) is 12.6. The predicted octanol–water partition coefficient (Wildman–Crippen LogP) is 13.0. The Balaban J connectivity index is 1.07. The SMILES string of the molecule is CC1(C)CCC(C2Cc3ccnc(-c4cc(Oc5ccc6c7ccccc7n(-c7ccccn7)c6c5)cc5c4oc4ccc6ccccc6c45)c3C2)CC1. The molecule has 0 N–H and O–H groups in total. The molecule has 0 saturated heterocycles. The molecular formula is C49H41N3O2. The van der Waals surface area contributed by atoms with Crippen LogP contribution < -0.4 is 4.74 Å². The fraction of sp³-hybridized carbons (Fsp3) is 0.224. The van der Waals surface area contributed by atoms with Gasteiger partial charge in [0.2, 0.25) is 0 Å². The minimum absolute atomic E-state index is 0.464. The van der Waals surface area contributed by atoms with Crippen LogP contribution in [0.3, 0.4) is 0 Å². The van der Waals surface area contributed by atoms with Crippen molar-refractivity contribution < 1.29 is 9.15 Å². The van der Waals surface area contributed by atoms with Gasteiger partial charge in [0.05, 0.1) is 16.7 Å². The number of rotatable bonds is 5. The maximum Gasteiger partial charge on any atom is 0.145 e. The lowest BCUT2D eigenvalue weighted by atomic mass is 9.69. The third kappa shape index (κ3) is 5.05. The van der Waals surface area contributed by atoms with Gasteiger partial charge in [-0.1, -0.05) is 68.4 Å². The van der Waals surface area contributed by atoms with Gasteiger partial charge in [-0.15, -0.1) is 0 Å². The zero-order valence-corrected chi connectivity index (χ0v) is 30.7. The van der Waals surface area contributed by atoms with Crippen LogP contribution in [0.5, 0.6) is 11.5 Å². The molecule has 0 bridgehead atoms. The van der Waals surface area contributed by atoms with Gasteiger partial charge in [-0.2, -0.15) is 0 Å². The molecule has 5 aromatic carbocycles. The number of nitrogens with zero attached hydrogens (tertiary/aromatic N) is 3. The number of hydrogen-bond acceptors (Lipinski definition) is 4. The maximum atomic E-state index is 6.93. The Bertz CT molecular complexity index is 2910. The summed E-state index contributed by atoms with van der Waals surface area (Å²) in [6.07, 6.45) is 11.3. The number of pyridine rings is 2. The normalized spacial score (nSPS) is 17.3. The molecule has 2 aliphatic rings. The molecular weight excluding hydrogens is 663 g/mol. The van der Waals surface area contributed by atoms with E-state index in [1.165, 1.54) is 53.0 Å². The Morgan fingerprint density at radius 2 is 1.48 bits per heavy atom. The minimum atomic E-state index is 0.464. The van der Waals surface area contributed by atoms with Crippen LogP contribution in [0.15, 0.2) is 132 Å². The summed E-state index contributed by atoms with van der Waals surface area (Å²) < 4.78 is 16.0. The van der Waals surface area contributed by atoms with Gasteiger partial charge in [-0.25, -0.2) is 4.98 Å². The van der Waals surface area contributed by atoms with Crippen molar-refractivity contribution in [1.82, 2.24) is 14.5 Å². The summed E-state index contributed by atoms with van der Waals surface area (Å²) in [4.78, 5) is 9.88. The second-order valence-electron chi connectivity index (χ2n) is 16.4. The summed E-state index contributed by atoms with van der Waals surface area (Å²) >= 11 is 0. The van der Waals surface area contributed by atoms with Crippen molar-refractivity contribution in [2.45, 2.75) is 52.4 Å². The van der Waals surface area contributed by atoms with E-state index < -0.39 is 0 Å². The largest absolute Gasteiger partial charge is 0.457 e. The molecule has 4 heterocycles. The van der Waals surface area contributed by atoms with Gasteiger partial charge < -0.3 is 9.15 Å². The average Bonchev–Trinajstić information content (AvgIpc) is 3.90. The lowest BCUT2D eigenvalue weighted by molar-refractivity contribution is 0.151. The van der Waals surface area contributed by atoms with Crippen molar-refractivity contribution >= 4 is 54.5 Å². The first-order valence-corrected chi connectivity index (χ1v) is 19.5. The molecule has 2 aliphatic carbocycles. The minimum Gasteiger partial charge on any atom is -0.457 e. The van der Waals surface area contributed by atoms with Gasteiger partial charge in [0.25, 0.3) is 0 Å². The molecule has 5 heteroatoms. The van der Waals surface area contributed by atoms with E-state index in [9.17, 15) is 0 Å². The predicted molar refractivity (Wildman–Crippen MR) is 220 cm³/mol. The summed E-state index contributed by atoms with van der Waals surface area (Å²) in [6.45, 7) is 4.87. The van der Waals surface area contributed by atoms with Gasteiger partial charge in [0, 0.05) is 45.6 Å². The molecule has 0 radical (unpaired) electrons. The van der Waals surface area contributed by atoms with Gasteiger partial charge in [-0.3, -0.25) is 9.55 Å². The van der Waals surface area contributed by atoms with Crippen molar-refractivity contribution in [3.05, 3.63) is 139 Å². The maximum absolute atomic E-state index is 6.93. The van der Waals surface area contributed by atoms with Crippen LogP contribution in [0.2, 0.25) is 0 Å². The topological polar surface area (TPSA) is 53.1 Å². The molecule has 1 atom stereocenters. The number of ether oxygens (including phenoxy) is 1. The van der Waals surface area contributed by atoms with E-state index in [-0.39, 0.29) is 0 Å². The highest BCUT2D eigenvalue weighted by Gasteiger charge is 2.36. The molecule has 11 rings (SSSR count). The Morgan fingerprint density at radius 3 is 2.35 bits per heavy atom. The van der Waals surface area contributed by atoms with Crippen molar-refractivity contribution in [3.8, 4) is 28.6 Å². The number of para-hydroxylation sites is 1. The molecule has 54 heavy (non-hydrogen) atoms. The van der Waals surface area contributed by atoms with E-state index in [1.54, 1.807) is 0 Å². The quantitative estimate of drug-likeness (QED) is 0.179. The van der Waals surface area contributed by atoms with E-state index in [0.29, 0.717) is 11.3 Å².